The summed E-state index contributed by atoms with van der Waals surface area (Å²) in [4.78, 5) is 2.48. The molecule has 1 fully saturated rings. The number of methoxy groups -OCH3 is 2. The van der Waals surface area contributed by atoms with E-state index in [1.807, 2.05) is 12.1 Å². The van der Waals surface area contributed by atoms with Gasteiger partial charge in [0.05, 0.1) is 14.2 Å². The number of halogens is 2. The standard InChI is InChI=1S/C15H24N2O2.2ClH/c1-18-14-7-6-12(10-15(14)19-2)13(11-16)17-8-4-3-5-9-17;;/h6-7,10,13H,3-5,8-9,11,16H2,1-2H3;2*1H/p-2. The van der Waals surface area contributed by atoms with E-state index >= 15 is 0 Å². The third kappa shape index (κ3) is 4.92. The van der Waals surface area contributed by atoms with Crippen LogP contribution in [0, 0.1) is 0 Å². The molecule has 1 aromatic rings. The van der Waals surface area contributed by atoms with Gasteiger partial charge < -0.3 is 40.0 Å². The van der Waals surface area contributed by atoms with Gasteiger partial charge in [-0.15, -0.1) is 0 Å². The van der Waals surface area contributed by atoms with Gasteiger partial charge in [0.2, 0.25) is 0 Å². The van der Waals surface area contributed by atoms with Crippen molar-refractivity contribution in [3.05, 3.63) is 23.8 Å². The van der Waals surface area contributed by atoms with E-state index in [9.17, 15) is 0 Å². The molecule has 21 heavy (non-hydrogen) atoms. The number of ether oxygens (including phenoxy) is 2. The van der Waals surface area contributed by atoms with E-state index in [0.29, 0.717) is 6.54 Å². The molecule has 0 bridgehead atoms. The maximum atomic E-state index is 5.98. The smallest absolute Gasteiger partial charge is 0.161 e. The van der Waals surface area contributed by atoms with Gasteiger partial charge in [-0.1, -0.05) is 12.5 Å². The minimum absolute atomic E-state index is 0. The summed E-state index contributed by atoms with van der Waals surface area (Å²) in [5, 5.41) is 0. The van der Waals surface area contributed by atoms with Gasteiger partial charge in [0.1, 0.15) is 0 Å². The first-order valence-electron chi connectivity index (χ1n) is 6.96. The minimum atomic E-state index is 0. The van der Waals surface area contributed by atoms with Gasteiger partial charge in [-0.05, 0) is 43.6 Å². The predicted octanol–water partition coefficient (Wildman–Crippen LogP) is -3.80. The Morgan fingerprint density at radius 1 is 1.05 bits per heavy atom. The van der Waals surface area contributed by atoms with Crippen molar-refractivity contribution >= 4 is 0 Å². The first-order valence-corrected chi connectivity index (χ1v) is 6.96. The van der Waals surface area contributed by atoms with Crippen LogP contribution in [-0.4, -0.2) is 38.8 Å². The van der Waals surface area contributed by atoms with Gasteiger partial charge in [-0.2, -0.15) is 0 Å². The molecule has 0 spiro atoms. The average Bonchev–Trinajstić information content (AvgIpc) is 2.49. The molecule has 2 N–H and O–H groups in total. The summed E-state index contributed by atoms with van der Waals surface area (Å²) in [6.45, 7) is 2.90. The molecule has 1 aromatic carbocycles. The molecule has 0 aromatic heterocycles. The second-order valence-electron chi connectivity index (χ2n) is 4.96. The molecule has 122 valence electrons. The van der Waals surface area contributed by atoms with Crippen LogP contribution in [0.1, 0.15) is 30.9 Å². The number of rotatable bonds is 5. The molecule has 0 amide bonds. The molecule has 6 heteroatoms. The monoisotopic (exact) mass is 334 g/mol. The summed E-state index contributed by atoms with van der Waals surface area (Å²) in [5.74, 6) is 1.54. The van der Waals surface area contributed by atoms with Crippen molar-refractivity contribution in [2.24, 2.45) is 5.73 Å². The molecule has 1 aliphatic heterocycles. The van der Waals surface area contributed by atoms with Crippen molar-refractivity contribution in [3.8, 4) is 11.5 Å². The average molecular weight is 335 g/mol. The molecule has 4 nitrogen and oxygen atoms in total. The first-order chi connectivity index (χ1) is 9.30. The van der Waals surface area contributed by atoms with E-state index in [2.05, 4.69) is 11.0 Å². The SMILES string of the molecule is COc1ccc(C(CN)N2CCCCC2)cc1OC.[Cl-].[Cl-]. The van der Waals surface area contributed by atoms with Crippen LogP contribution in [0.2, 0.25) is 0 Å². The van der Waals surface area contributed by atoms with Crippen molar-refractivity contribution in [2.75, 3.05) is 33.9 Å². The Kier molecular flexibility index (Phi) is 9.79. The molecule has 1 saturated heterocycles. The second kappa shape index (κ2) is 10.1. The molecule has 1 unspecified atom stereocenters. The summed E-state index contributed by atoms with van der Waals surface area (Å²) >= 11 is 0. The molecule has 0 radical (unpaired) electrons. The van der Waals surface area contributed by atoms with Gasteiger partial charge in [0.15, 0.2) is 11.5 Å². The lowest BCUT2D eigenvalue weighted by Crippen LogP contribution is -3.00. The third-order valence-corrected chi connectivity index (χ3v) is 3.85. The molecule has 0 aliphatic carbocycles. The number of piperidine rings is 1. The zero-order valence-corrected chi connectivity index (χ0v) is 14.2. The second-order valence-corrected chi connectivity index (χ2v) is 4.96. The third-order valence-electron chi connectivity index (χ3n) is 3.85. The first kappa shape index (κ1) is 20.3. The summed E-state index contributed by atoms with van der Waals surface area (Å²) in [6.07, 6.45) is 3.87. The lowest BCUT2D eigenvalue weighted by Gasteiger charge is -2.34. The van der Waals surface area contributed by atoms with E-state index in [0.717, 1.165) is 24.6 Å². The van der Waals surface area contributed by atoms with Crippen molar-refractivity contribution in [2.45, 2.75) is 25.3 Å². The maximum absolute atomic E-state index is 5.98. The summed E-state index contributed by atoms with van der Waals surface area (Å²) in [6, 6.07) is 6.37. The highest BCUT2D eigenvalue weighted by Gasteiger charge is 2.22. The predicted molar refractivity (Wildman–Crippen MR) is 76.8 cm³/mol. The van der Waals surface area contributed by atoms with Gasteiger partial charge >= 0.3 is 0 Å². The highest BCUT2D eigenvalue weighted by atomic mass is 35.5. The number of likely N-dealkylation sites (tertiary alicyclic amines) is 1. The van der Waals surface area contributed by atoms with Crippen molar-refractivity contribution in [1.29, 1.82) is 0 Å². The lowest BCUT2D eigenvalue weighted by molar-refractivity contribution is -0.001000. The Morgan fingerprint density at radius 2 is 1.67 bits per heavy atom. The fourth-order valence-corrected chi connectivity index (χ4v) is 2.79. The number of nitrogens with zero attached hydrogens (tertiary/aromatic N) is 1. The van der Waals surface area contributed by atoms with Gasteiger partial charge in [-0.3, -0.25) is 4.90 Å². The Morgan fingerprint density at radius 3 is 2.19 bits per heavy atom. The van der Waals surface area contributed by atoms with Gasteiger partial charge in [0.25, 0.3) is 0 Å². The summed E-state index contributed by atoms with van der Waals surface area (Å²) in [5.41, 5.74) is 7.19. The van der Waals surface area contributed by atoms with Gasteiger partial charge in [0, 0.05) is 12.6 Å². The van der Waals surface area contributed by atoms with Crippen LogP contribution in [0.25, 0.3) is 0 Å². The molecule has 1 atom stereocenters. The van der Waals surface area contributed by atoms with E-state index in [4.69, 9.17) is 15.2 Å². The molecule has 1 aliphatic rings. The van der Waals surface area contributed by atoms with E-state index in [1.165, 1.54) is 24.8 Å². The van der Waals surface area contributed by atoms with Crippen LogP contribution in [-0.2, 0) is 0 Å². The highest BCUT2D eigenvalue weighted by Crippen LogP contribution is 2.32. The van der Waals surface area contributed by atoms with E-state index in [1.54, 1.807) is 14.2 Å². The maximum Gasteiger partial charge on any atom is 0.161 e. The molecule has 2 rings (SSSR count). The van der Waals surface area contributed by atoms with Crippen LogP contribution >= 0.6 is 0 Å². The van der Waals surface area contributed by atoms with Crippen molar-refractivity contribution in [1.82, 2.24) is 4.90 Å². The Balaban J connectivity index is 0.00000200. The van der Waals surface area contributed by atoms with Crippen LogP contribution < -0.4 is 40.0 Å². The van der Waals surface area contributed by atoms with Crippen LogP contribution in [0.3, 0.4) is 0 Å². The fourth-order valence-electron chi connectivity index (χ4n) is 2.79. The van der Waals surface area contributed by atoms with Crippen molar-refractivity contribution < 1.29 is 34.3 Å². The highest BCUT2D eigenvalue weighted by molar-refractivity contribution is 5.43. The van der Waals surface area contributed by atoms with Crippen LogP contribution in [0.5, 0.6) is 11.5 Å². The zero-order chi connectivity index (χ0) is 13.7. The molecular formula is C15H24Cl2N2O2-2. The quantitative estimate of drug-likeness (QED) is 0.600. The Bertz CT molecular complexity index is 413. The molecular weight excluding hydrogens is 311 g/mol. The minimum Gasteiger partial charge on any atom is -1.00 e. The van der Waals surface area contributed by atoms with Crippen LogP contribution in [0.4, 0.5) is 0 Å². The number of nitrogens with two attached hydrogens (primary N) is 1. The number of benzene rings is 1. The van der Waals surface area contributed by atoms with Gasteiger partial charge in [-0.25, -0.2) is 0 Å². The molecule has 1 heterocycles. The zero-order valence-electron chi connectivity index (χ0n) is 12.6. The normalized spacial score (nSPS) is 16.3. The topological polar surface area (TPSA) is 47.7 Å². The Hall–Kier alpha value is -0.680. The van der Waals surface area contributed by atoms with E-state index in [-0.39, 0.29) is 30.9 Å². The van der Waals surface area contributed by atoms with Crippen molar-refractivity contribution in [3.63, 3.8) is 0 Å². The molecule has 0 saturated carbocycles. The van der Waals surface area contributed by atoms with E-state index < -0.39 is 0 Å². The largest absolute Gasteiger partial charge is 1.00 e. The number of hydrogen-bond acceptors (Lipinski definition) is 4. The lowest BCUT2D eigenvalue weighted by atomic mass is 10.0. The fraction of sp³-hybridized carbons (Fsp3) is 0.600. The summed E-state index contributed by atoms with van der Waals surface area (Å²) < 4.78 is 10.7. The number of hydrogen-bond donors (Lipinski definition) is 1. The van der Waals surface area contributed by atoms with Crippen LogP contribution in [0.15, 0.2) is 18.2 Å². The summed E-state index contributed by atoms with van der Waals surface area (Å²) in [7, 11) is 3.32. The Labute approximate surface area is 139 Å².